The number of aryl methyl sites for hydroxylation is 1. The maximum atomic E-state index is 4.72. The SMILES string of the molecule is Cc1cc2nc(Cc3cc4ncccc4s3)ccc2[nH]1. The minimum Gasteiger partial charge on any atom is -0.357 e. The molecular weight excluding hydrogens is 266 g/mol. The van der Waals surface area contributed by atoms with Crippen LogP contribution in [0.3, 0.4) is 0 Å². The van der Waals surface area contributed by atoms with Crippen molar-refractivity contribution in [1.82, 2.24) is 15.0 Å². The van der Waals surface area contributed by atoms with Crippen molar-refractivity contribution in [3.8, 4) is 0 Å². The van der Waals surface area contributed by atoms with E-state index in [2.05, 4.69) is 47.2 Å². The molecule has 0 bridgehead atoms. The summed E-state index contributed by atoms with van der Waals surface area (Å²) in [5.41, 5.74) is 5.47. The maximum absolute atomic E-state index is 4.72. The van der Waals surface area contributed by atoms with E-state index in [1.54, 1.807) is 11.3 Å². The first-order valence-corrected chi connectivity index (χ1v) is 7.38. The van der Waals surface area contributed by atoms with Crippen molar-refractivity contribution in [2.24, 2.45) is 0 Å². The molecule has 4 heteroatoms. The van der Waals surface area contributed by atoms with Crippen LogP contribution >= 0.6 is 11.3 Å². The van der Waals surface area contributed by atoms with Crippen LogP contribution in [0.25, 0.3) is 21.3 Å². The smallest absolute Gasteiger partial charge is 0.0885 e. The Bertz CT molecular complexity index is 871. The van der Waals surface area contributed by atoms with E-state index >= 15 is 0 Å². The molecule has 0 aromatic carbocycles. The third kappa shape index (κ3) is 1.98. The number of nitrogens with zero attached hydrogens (tertiary/aromatic N) is 2. The van der Waals surface area contributed by atoms with E-state index in [0.29, 0.717) is 0 Å². The number of aromatic nitrogens is 3. The van der Waals surface area contributed by atoms with E-state index in [9.17, 15) is 0 Å². The van der Waals surface area contributed by atoms with Crippen LogP contribution < -0.4 is 0 Å². The van der Waals surface area contributed by atoms with Crippen molar-refractivity contribution >= 4 is 32.6 Å². The van der Waals surface area contributed by atoms with Crippen LogP contribution in [0, 0.1) is 6.92 Å². The highest BCUT2D eigenvalue weighted by Crippen LogP contribution is 2.25. The largest absolute Gasteiger partial charge is 0.357 e. The Morgan fingerprint density at radius 2 is 2.10 bits per heavy atom. The summed E-state index contributed by atoms with van der Waals surface area (Å²) in [5.74, 6) is 0. The summed E-state index contributed by atoms with van der Waals surface area (Å²) in [5, 5.41) is 0. The lowest BCUT2D eigenvalue weighted by Gasteiger charge is -1.98. The van der Waals surface area contributed by atoms with Gasteiger partial charge in [-0.2, -0.15) is 0 Å². The second-order valence-corrected chi connectivity index (χ2v) is 6.13. The Hall–Kier alpha value is -2.20. The van der Waals surface area contributed by atoms with Gasteiger partial charge in [0, 0.05) is 28.9 Å². The van der Waals surface area contributed by atoms with E-state index in [4.69, 9.17) is 4.98 Å². The molecule has 4 rings (SSSR count). The zero-order valence-corrected chi connectivity index (χ0v) is 11.9. The Labute approximate surface area is 120 Å². The molecule has 4 aromatic rings. The Morgan fingerprint density at radius 3 is 3.00 bits per heavy atom. The summed E-state index contributed by atoms with van der Waals surface area (Å²) in [6, 6.07) is 12.5. The molecule has 0 aliphatic carbocycles. The number of H-pyrrole nitrogens is 1. The summed E-state index contributed by atoms with van der Waals surface area (Å²) in [6.07, 6.45) is 2.70. The average Bonchev–Trinajstić information content (AvgIpc) is 2.99. The first-order valence-electron chi connectivity index (χ1n) is 6.57. The van der Waals surface area contributed by atoms with Gasteiger partial charge in [0.05, 0.1) is 21.3 Å². The third-order valence-corrected chi connectivity index (χ3v) is 4.45. The highest BCUT2D eigenvalue weighted by Gasteiger charge is 2.06. The molecule has 98 valence electrons. The molecule has 3 nitrogen and oxygen atoms in total. The normalized spacial score (nSPS) is 11.4. The lowest BCUT2D eigenvalue weighted by atomic mass is 10.2. The number of pyridine rings is 2. The minimum atomic E-state index is 0.862. The van der Waals surface area contributed by atoms with Gasteiger partial charge in [-0.3, -0.25) is 9.97 Å². The van der Waals surface area contributed by atoms with Crippen molar-refractivity contribution in [1.29, 1.82) is 0 Å². The second-order valence-electron chi connectivity index (χ2n) is 4.96. The van der Waals surface area contributed by atoms with Crippen LogP contribution in [0.5, 0.6) is 0 Å². The van der Waals surface area contributed by atoms with E-state index in [-0.39, 0.29) is 0 Å². The molecule has 0 saturated carbocycles. The van der Waals surface area contributed by atoms with Gasteiger partial charge in [-0.1, -0.05) is 0 Å². The van der Waals surface area contributed by atoms with Gasteiger partial charge < -0.3 is 4.98 Å². The van der Waals surface area contributed by atoms with Crippen LogP contribution in [-0.4, -0.2) is 15.0 Å². The number of fused-ring (bicyclic) bond motifs is 2. The van der Waals surface area contributed by atoms with Crippen molar-refractivity contribution in [2.45, 2.75) is 13.3 Å². The number of rotatable bonds is 2. The predicted octanol–water partition coefficient (Wildman–Crippen LogP) is 4.07. The molecule has 0 radical (unpaired) electrons. The molecule has 0 aliphatic rings. The second kappa shape index (κ2) is 4.42. The zero-order chi connectivity index (χ0) is 13.5. The summed E-state index contributed by atoms with van der Waals surface area (Å²) in [6.45, 7) is 2.05. The quantitative estimate of drug-likeness (QED) is 0.601. The van der Waals surface area contributed by atoms with Crippen molar-refractivity contribution in [2.75, 3.05) is 0 Å². The summed E-state index contributed by atoms with van der Waals surface area (Å²) in [4.78, 5) is 13.7. The molecule has 20 heavy (non-hydrogen) atoms. The van der Waals surface area contributed by atoms with Crippen molar-refractivity contribution in [3.63, 3.8) is 0 Å². The van der Waals surface area contributed by atoms with Gasteiger partial charge in [0.1, 0.15) is 0 Å². The fraction of sp³-hybridized carbons (Fsp3) is 0.125. The van der Waals surface area contributed by atoms with Gasteiger partial charge in [0.15, 0.2) is 0 Å². The van der Waals surface area contributed by atoms with Crippen molar-refractivity contribution < 1.29 is 0 Å². The molecule has 4 heterocycles. The fourth-order valence-corrected chi connectivity index (χ4v) is 3.51. The Kier molecular flexibility index (Phi) is 2.57. The van der Waals surface area contributed by atoms with E-state index in [0.717, 1.165) is 34.4 Å². The molecule has 0 amide bonds. The molecule has 0 saturated heterocycles. The number of nitrogens with one attached hydrogen (secondary N) is 1. The summed E-state index contributed by atoms with van der Waals surface area (Å²) >= 11 is 1.79. The van der Waals surface area contributed by atoms with Crippen LogP contribution in [0.15, 0.2) is 42.6 Å². The molecule has 0 fully saturated rings. The lowest BCUT2D eigenvalue weighted by Crippen LogP contribution is -1.89. The van der Waals surface area contributed by atoms with Gasteiger partial charge in [0.2, 0.25) is 0 Å². The van der Waals surface area contributed by atoms with Crippen molar-refractivity contribution in [3.05, 3.63) is 58.9 Å². The molecule has 0 aliphatic heterocycles. The highest BCUT2D eigenvalue weighted by atomic mass is 32.1. The number of hydrogen-bond acceptors (Lipinski definition) is 3. The highest BCUT2D eigenvalue weighted by molar-refractivity contribution is 7.19. The monoisotopic (exact) mass is 279 g/mol. The zero-order valence-electron chi connectivity index (χ0n) is 11.1. The molecule has 4 aromatic heterocycles. The number of hydrogen-bond donors (Lipinski definition) is 1. The molecular formula is C16H13N3S. The van der Waals surface area contributed by atoms with Crippen LogP contribution in [0.4, 0.5) is 0 Å². The first kappa shape index (κ1) is 11.6. The number of aromatic amines is 1. The van der Waals surface area contributed by atoms with Crippen LogP contribution in [-0.2, 0) is 6.42 Å². The summed E-state index contributed by atoms with van der Waals surface area (Å²) in [7, 11) is 0. The van der Waals surface area contributed by atoms with Gasteiger partial charge in [-0.05, 0) is 43.3 Å². The topological polar surface area (TPSA) is 41.6 Å². The Morgan fingerprint density at radius 1 is 1.15 bits per heavy atom. The van der Waals surface area contributed by atoms with Gasteiger partial charge in [-0.25, -0.2) is 0 Å². The fourth-order valence-electron chi connectivity index (χ4n) is 2.47. The standard InChI is InChI=1S/C16H13N3S/c1-10-7-14-13(18-10)5-4-11(19-14)8-12-9-15-16(20-12)3-2-6-17-15/h2-7,9,18H,8H2,1H3. The Balaban J connectivity index is 1.72. The predicted molar refractivity (Wildman–Crippen MR) is 83.3 cm³/mol. The molecule has 0 atom stereocenters. The van der Waals surface area contributed by atoms with Gasteiger partial charge in [0.25, 0.3) is 0 Å². The minimum absolute atomic E-state index is 0.862. The maximum Gasteiger partial charge on any atom is 0.0885 e. The third-order valence-electron chi connectivity index (χ3n) is 3.36. The van der Waals surface area contributed by atoms with Crippen LogP contribution in [0.1, 0.15) is 16.3 Å². The average molecular weight is 279 g/mol. The van der Waals surface area contributed by atoms with Crippen LogP contribution in [0.2, 0.25) is 0 Å². The molecule has 1 N–H and O–H groups in total. The first-order chi connectivity index (χ1) is 9.78. The molecule has 0 unspecified atom stereocenters. The number of thiophene rings is 1. The van der Waals surface area contributed by atoms with E-state index in [1.165, 1.54) is 9.58 Å². The molecule has 0 spiro atoms. The van der Waals surface area contributed by atoms with Gasteiger partial charge in [-0.15, -0.1) is 11.3 Å². The lowest BCUT2D eigenvalue weighted by molar-refractivity contribution is 1.13. The summed E-state index contributed by atoms with van der Waals surface area (Å²) < 4.78 is 1.24. The van der Waals surface area contributed by atoms with Gasteiger partial charge >= 0.3 is 0 Å². The van der Waals surface area contributed by atoms with E-state index < -0.39 is 0 Å². The van der Waals surface area contributed by atoms with E-state index in [1.807, 2.05) is 12.3 Å².